The number of benzene rings is 2. The van der Waals surface area contributed by atoms with Crippen LogP contribution in [0.15, 0.2) is 42.5 Å². The molecule has 0 aliphatic carbocycles. The highest BCUT2D eigenvalue weighted by atomic mass is 35.5. The number of phenolic OH excluding ortho intramolecular Hbond substituents is 1. The van der Waals surface area contributed by atoms with Crippen molar-refractivity contribution in [3.05, 3.63) is 58.6 Å². The van der Waals surface area contributed by atoms with Crippen molar-refractivity contribution < 1.29 is 19.4 Å². The highest BCUT2D eigenvalue weighted by Crippen LogP contribution is 2.26. The SMILES string of the molecule is COc1ccc(C(=O)N(C)C(C(=O)c2ccc(Cl)cc2)C(C)C)c(O)c1. The third-order valence-corrected chi connectivity index (χ3v) is 4.45. The maximum Gasteiger partial charge on any atom is 0.257 e. The number of nitrogens with zero attached hydrogens (tertiary/aromatic N) is 1. The van der Waals surface area contributed by atoms with Crippen LogP contribution in [0, 0.1) is 5.92 Å². The fraction of sp³-hybridized carbons (Fsp3) is 0.300. The number of rotatable bonds is 6. The molecule has 26 heavy (non-hydrogen) atoms. The van der Waals surface area contributed by atoms with E-state index < -0.39 is 11.9 Å². The Morgan fingerprint density at radius 1 is 1.12 bits per heavy atom. The van der Waals surface area contributed by atoms with Crippen LogP contribution in [-0.4, -0.2) is 41.9 Å². The van der Waals surface area contributed by atoms with Gasteiger partial charge in [-0.2, -0.15) is 0 Å². The number of amides is 1. The summed E-state index contributed by atoms with van der Waals surface area (Å²) >= 11 is 5.88. The summed E-state index contributed by atoms with van der Waals surface area (Å²) in [6.45, 7) is 3.74. The number of carbonyl (C=O) groups is 2. The van der Waals surface area contributed by atoms with Crippen molar-refractivity contribution in [3.8, 4) is 11.5 Å². The number of ketones is 1. The molecule has 6 heteroatoms. The van der Waals surface area contributed by atoms with Gasteiger partial charge in [-0.25, -0.2) is 0 Å². The maximum atomic E-state index is 12.9. The molecule has 5 nitrogen and oxygen atoms in total. The summed E-state index contributed by atoms with van der Waals surface area (Å²) in [7, 11) is 3.03. The molecular formula is C20H22ClNO4. The summed E-state index contributed by atoms with van der Waals surface area (Å²) in [5.74, 6) is -0.485. The summed E-state index contributed by atoms with van der Waals surface area (Å²) in [5.41, 5.74) is 0.592. The molecule has 0 aliphatic heterocycles. The zero-order valence-electron chi connectivity index (χ0n) is 15.2. The van der Waals surface area contributed by atoms with Crippen LogP contribution in [0.1, 0.15) is 34.6 Å². The Kier molecular flexibility index (Phi) is 6.27. The summed E-state index contributed by atoms with van der Waals surface area (Å²) < 4.78 is 5.03. The number of halogens is 1. The van der Waals surface area contributed by atoms with Crippen molar-refractivity contribution in [2.45, 2.75) is 19.9 Å². The first-order chi connectivity index (χ1) is 12.3. The zero-order chi connectivity index (χ0) is 19.4. The number of likely N-dealkylation sites (N-methyl/N-ethyl adjacent to an activating group) is 1. The Morgan fingerprint density at radius 2 is 1.73 bits per heavy atom. The quantitative estimate of drug-likeness (QED) is 0.774. The second-order valence-electron chi connectivity index (χ2n) is 6.36. The molecule has 0 radical (unpaired) electrons. The molecule has 2 rings (SSSR count). The van der Waals surface area contributed by atoms with E-state index in [0.717, 1.165) is 0 Å². The van der Waals surface area contributed by atoms with Gasteiger partial charge in [-0.15, -0.1) is 0 Å². The maximum absolute atomic E-state index is 12.9. The van der Waals surface area contributed by atoms with Gasteiger partial charge in [-0.05, 0) is 42.3 Å². The molecule has 1 atom stereocenters. The molecule has 0 fully saturated rings. The minimum absolute atomic E-state index is 0.114. The number of hydrogen-bond donors (Lipinski definition) is 1. The molecule has 1 N–H and O–H groups in total. The summed E-state index contributed by atoms with van der Waals surface area (Å²) in [4.78, 5) is 27.2. The number of carbonyl (C=O) groups excluding carboxylic acids is 2. The zero-order valence-corrected chi connectivity index (χ0v) is 15.9. The summed E-state index contributed by atoms with van der Waals surface area (Å²) in [6.07, 6.45) is 0. The van der Waals surface area contributed by atoms with Crippen LogP contribution in [0.2, 0.25) is 5.02 Å². The van der Waals surface area contributed by atoms with Crippen molar-refractivity contribution in [1.82, 2.24) is 4.90 Å². The third-order valence-electron chi connectivity index (χ3n) is 4.20. The van der Waals surface area contributed by atoms with Crippen LogP contribution in [0.5, 0.6) is 11.5 Å². The summed E-state index contributed by atoms with van der Waals surface area (Å²) in [6, 6.07) is 10.3. The molecular weight excluding hydrogens is 354 g/mol. The van der Waals surface area contributed by atoms with Crippen LogP contribution in [0.3, 0.4) is 0 Å². The Labute approximate surface area is 158 Å². The predicted octanol–water partition coefficient (Wildman–Crippen LogP) is 4.03. The van der Waals surface area contributed by atoms with E-state index in [1.54, 1.807) is 37.4 Å². The lowest BCUT2D eigenvalue weighted by Crippen LogP contribution is -2.45. The Balaban J connectivity index is 2.33. The second kappa shape index (κ2) is 8.23. The Morgan fingerprint density at radius 3 is 2.23 bits per heavy atom. The lowest BCUT2D eigenvalue weighted by molar-refractivity contribution is 0.0607. The van der Waals surface area contributed by atoms with Crippen LogP contribution in [0.4, 0.5) is 0 Å². The molecule has 0 aliphatic rings. The van der Waals surface area contributed by atoms with E-state index in [0.29, 0.717) is 16.3 Å². The fourth-order valence-corrected chi connectivity index (χ4v) is 2.97. The van der Waals surface area contributed by atoms with Gasteiger partial charge in [-0.3, -0.25) is 9.59 Å². The van der Waals surface area contributed by atoms with Crippen molar-refractivity contribution in [3.63, 3.8) is 0 Å². The largest absolute Gasteiger partial charge is 0.507 e. The Hall–Kier alpha value is -2.53. The van der Waals surface area contributed by atoms with E-state index in [9.17, 15) is 14.7 Å². The molecule has 2 aromatic carbocycles. The highest BCUT2D eigenvalue weighted by Gasteiger charge is 2.32. The lowest BCUT2D eigenvalue weighted by atomic mass is 9.93. The van der Waals surface area contributed by atoms with E-state index in [2.05, 4.69) is 0 Å². The van der Waals surface area contributed by atoms with Crippen LogP contribution >= 0.6 is 11.6 Å². The topological polar surface area (TPSA) is 66.8 Å². The van der Waals surface area contributed by atoms with E-state index in [4.69, 9.17) is 16.3 Å². The van der Waals surface area contributed by atoms with Gasteiger partial charge in [0.15, 0.2) is 5.78 Å². The molecule has 1 unspecified atom stereocenters. The van der Waals surface area contributed by atoms with Gasteiger partial charge in [0.25, 0.3) is 5.91 Å². The first-order valence-corrected chi connectivity index (χ1v) is 8.58. The van der Waals surface area contributed by atoms with Gasteiger partial charge in [0, 0.05) is 23.7 Å². The van der Waals surface area contributed by atoms with Crippen molar-refractivity contribution >= 4 is 23.3 Å². The number of Topliss-reactive ketones (excluding diaryl/α,β-unsaturated/α-hetero) is 1. The number of phenols is 1. The van der Waals surface area contributed by atoms with E-state index in [-0.39, 0.29) is 23.0 Å². The van der Waals surface area contributed by atoms with Crippen molar-refractivity contribution in [2.75, 3.05) is 14.2 Å². The average Bonchev–Trinajstić information content (AvgIpc) is 2.61. The predicted molar refractivity (Wildman–Crippen MR) is 101 cm³/mol. The molecule has 0 saturated heterocycles. The molecule has 0 spiro atoms. The minimum atomic E-state index is -0.676. The van der Waals surface area contributed by atoms with E-state index in [1.165, 1.54) is 24.1 Å². The molecule has 1 amide bonds. The van der Waals surface area contributed by atoms with Crippen molar-refractivity contribution in [2.24, 2.45) is 5.92 Å². The van der Waals surface area contributed by atoms with Gasteiger partial charge >= 0.3 is 0 Å². The molecule has 138 valence electrons. The monoisotopic (exact) mass is 375 g/mol. The van der Waals surface area contributed by atoms with Gasteiger partial charge in [0.1, 0.15) is 11.5 Å². The molecule has 0 bridgehead atoms. The normalized spacial score (nSPS) is 11.9. The lowest BCUT2D eigenvalue weighted by Gasteiger charge is -2.30. The second-order valence-corrected chi connectivity index (χ2v) is 6.80. The molecule has 0 heterocycles. The number of aromatic hydroxyl groups is 1. The standard InChI is InChI=1S/C20H22ClNO4/c1-12(2)18(19(24)13-5-7-14(21)8-6-13)22(3)20(25)16-10-9-15(26-4)11-17(16)23/h5-12,18,23H,1-4H3. The molecule has 0 aromatic heterocycles. The highest BCUT2D eigenvalue weighted by molar-refractivity contribution is 6.30. The number of hydrogen-bond acceptors (Lipinski definition) is 4. The number of ether oxygens (including phenoxy) is 1. The summed E-state index contributed by atoms with van der Waals surface area (Å²) in [5, 5.41) is 10.7. The van der Waals surface area contributed by atoms with Gasteiger partial charge in [-0.1, -0.05) is 25.4 Å². The molecule has 0 saturated carbocycles. The average molecular weight is 376 g/mol. The van der Waals surface area contributed by atoms with Gasteiger partial charge < -0.3 is 14.7 Å². The molecule has 2 aromatic rings. The van der Waals surface area contributed by atoms with Crippen molar-refractivity contribution in [1.29, 1.82) is 0 Å². The minimum Gasteiger partial charge on any atom is -0.507 e. The van der Waals surface area contributed by atoms with Gasteiger partial charge in [0.05, 0.1) is 18.7 Å². The first kappa shape index (κ1) is 19.8. The Bertz CT molecular complexity index is 802. The van der Waals surface area contributed by atoms with Crippen LogP contribution in [0.25, 0.3) is 0 Å². The smallest absolute Gasteiger partial charge is 0.257 e. The first-order valence-electron chi connectivity index (χ1n) is 8.20. The van der Waals surface area contributed by atoms with Crippen LogP contribution < -0.4 is 4.74 Å². The fourth-order valence-electron chi connectivity index (χ4n) is 2.85. The van der Waals surface area contributed by atoms with E-state index >= 15 is 0 Å². The van der Waals surface area contributed by atoms with E-state index in [1.807, 2.05) is 13.8 Å². The van der Waals surface area contributed by atoms with Gasteiger partial charge in [0.2, 0.25) is 0 Å². The third kappa shape index (κ3) is 4.17. The van der Waals surface area contributed by atoms with Crippen LogP contribution in [-0.2, 0) is 0 Å². The number of methoxy groups -OCH3 is 1.